The van der Waals surface area contributed by atoms with E-state index in [0.29, 0.717) is 12.2 Å². The fourth-order valence-corrected chi connectivity index (χ4v) is 3.51. The summed E-state index contributed by atoms with van der Waals surface area (Å²) in [6.07, 6.45) is 2.09. The molecule has 0 radical (unpaired) electrons. The van der Waals surface area contributed by atoms with Gasteiger partial charge in [-0.3, -0.25) is 4.79 Å². The summed E-state index contributed by atoms with van der Waals surface area (Å²) in [5, 5.41) is 8.13. The maximum atomic E-state index is 12.0. The quantitative estimate of drug-likeness (QED) is 0.583. The average molecular weight is 381 g/mol. The van der Waals surface area contributed by atoms with Crippen molar-refractivity contribution < 1.29 is 4.79 Å². The van der Waals surface area contributed by atoms with Crippen molar-refractivity contribution in [3.8, 4) is 0 Å². The molecule has 1 amide bonds. The van der Waals surface area contributed by atoms with Crippen LogP contribution in [0.15, 0.2) is 60.1 Å². The van der Waals surface area contributed by atoms with Gasteiger partial charge in [0, 0.05) is 29.3 Å². The van der Waals surface area contributed by atoms with E-state index in [1.54, 1.807) is 23.6 Å². The van der Waals surface area contributed by atoms with E-state index < -0.39 is 0 Å². The number of anilines is 4. The van der Waals surface area contributed by atoms with Crippen LogP contribution in [0.4, 0.5) is 22.9 Å². The first kappa shape index (κ1) is 18.9. The van der Waals surface area contributed by atoms with E-state index in [0.717, 1.165) is 29.3 Å². The predicted molar refractivity (Wildman–Crippen MR) is 114 cm³/mol. The molecule has 0 saturated carbocycles. The van der Waals surface area contributed by atoms with Gasteiger partial charge in [-0.05, 0) is 61.7 Å². The number of rotatable bonds is 8. The molecule has 0 aliphatic carbocycles. The monoisotopic (exact) mass is 380 g/mol. The van der Waals surface area contributed by atoms with Crippen LogP contribution in [0.5, 0.6) is 0 Å². The molecule has 0 spiro atoms. The predicted octanol–water partition coefficient (Wildman–Crippen LogP) is 4.91. The van der Waals surface area contributed by atoms with Gasteiger partial charge >= 0.3 is 0 Å². The summed E-state index contributed by atoms with van der Waals surface area (Å²) in [5.41, 5.74) is 3.09. The van der Waals surface area contributed by atoms with Gasteiger partial charge in [0.2, 0.25) is 5.91 Å². The Morgan fingerprint density at radius 2 is 1.78 bits per heavy atom. The van der Waals surface area contributed by atoms with Gasteiger partial charge in [0.1, 0.15) is 5.82 Å². The number of hydrogen-bond acceptors (Lipinski definition) is 5. The molecule has 5 nitrogen and oxygen atoms in total. The number of carbonyl (C=O) groups excluding carboxylic acids is 1. The van der Waals surface area contributed by atoms with Gasteiger partial charge in [-0.2, -0.15) is 0 Å². The summed E-state index contributed by atoms with van der Waals surface area (Å²) in [4.78, 5) is 19.7. The zero-order valence-electron chi connectivity index (χ0n) is 15.6. The highest BCUT2D eigenvalue weighted by atomic mass is 32.1. The van der Waals surface area contributed by atoms with Crippen LogP contribution < -0.4 is 15.5 Å². The average Bonchev–Trinajstić information content (AvgIpc) is 3.18. The number of thiophene rings is 1. The first-order chi connectivity index (χ1) is 13.2. The summed E-state index contributed by atoms with van der Waals surface area (Å²) in [6.45, 7) is 6.30. The summed E-state index contributed by atoms with van der Waals surface area (Å²) in [5.74, 6) is 0.497. The molecule has 3 aromatic rings. The third kappa shape index (κ3) is 5.31. The van der Waals surface area contributed by atoms with Crippen LogP contribution >= 0.6 is 11.3 Å². The van der Waals surface area contributed by atoms with E-state index in [2.05, 4.69) is 58.6 Å². The second-order valence-electron chi connectivity index (χ2n) is 6.08. The molecule has 1 aromatic carbocycles. The molecule has 0 atom stereocenters. The van der Waals surface area contributed by atoms with Crippen LogP contribution in [-0.2, 0) is 11.2 Å². The largest absolute Gasteiger partial charge is 0.372 e. The Morgan fingerprint density at radius 3 is 2.37 bits per heavy atom. The van der Waals surface area contributed by atoms with E-state index >= 15 is 0 Å². The van der Waals surface area contributed by atoms with Crippen molar-refractivity contribution in [2.45, 2.75) is 20.3 Å². The zero-order chi connectivity index (χ0) is 19.1. The molecule has 6 heteroatoms. The number of nitrogens with zero attached hydrogens (tertiary/aromatic N) is 2. The van der Waals surface area contributed by atoms with E-state index in [9.17, 15) is 4.79 Å². The Morgan fingerprint density at radius 1 is 1.04 bits per heavy atom. The molecule has 0 fully saturated rings. The Hall–Kier alpha value is -2.86. The molecule has 0 aliphatic rings. The summed E-state index contributed by atoms with van der Waals surface area (Å²) >= 11 is 1.58. The molecular weight excluding hydrogens is 356 g/mol. The molecule has 3 rings (SSSR count). The number of aromatic nitrogens is 1. The lowest BCUT2D eigenvalue weighted by molar-refractivity contribution is -0.115. The Bertz CT molecular complexity index is 841. The van der Waals surface area contributed by atoms with E-state index in [1.807, 2.05) is 23.6 Å². The standard InChI is InChI=1S/C21H24N4OS/c1-3-25(4-2)18-10-7-16(8-11-18)23-17-9-12-20(22-15-17)24-21(26)14-19-6-5-13-27-19/h5-13,15,23H,3-4,14H2,1-2H3,(H,22,24,26). The lowest BCUT2D eigenvalue weighted by Crippen LogP contribution is -2.21. The van der Waals surface area contributed by atoms with Crippen LogP contribution in [0.1, 0.15) is 18.7 Å². The van der Waals surface area contributed by atoms with Gasteiger partial charge in [0.05, 0.1) is 18.3 Å². The van der Waals surface area contributed by atoms with Gasteiger partial charge in [0.15, 0.2) is 0 Å². The molecule has 2 N–H and O–H groups in total. The minimum atomic E-state index is -0.0577. The summed E-state index contributed by atoms with van der Waals surface area (Å²) < 4.78 is 0. The molecule has 0 unspecified atom stereocenters. The van der Waals surface area contributed by atoms with Crippen molar-refractivity contribution >= 4 is 40.1 Å². The number of pyridine rings is 1. The van der Waals surface area contributed by atoms with Crippen molar-refractivity contribution in [2.75, 3.05) is 28.6 Å². The lowest BCUT2D eigenvalue weighted by Gasteiger charge is -2.21. The molecule has 0 saturated heterocycles. The van der Waals surface area contributed by atoms with Crippen molar-refractivity contribution in [3.05, 3.63) is 65.0 Å². The first-order valence-corrected chi connectivity index (χ1v) is 9.96. The van der Waals surface area contributed by atoms with Crippen molar-refractivity contribution in [1.29, 1.82) is 0 Å². The smallest absolute Gasteiger partial charge is 0.230 e. The number of carbonyl (C=O) groups is 1. The molecule has 140 valence electrons. The highest BCUT2D eigenvalue weighted by Crippen LogP contribution is 2.21. The van der Waals surface area contributed by atoms with Crippen molar-refractivity contribution in [1.82, 2.24) is 4.98 Å². The van der Waals surface area contributed by atoms with E-state index in [4.69, 9.17) is 0 Å². The number of amides is 1. The normalized spacial score (nSPS) is 10.4. The van der Waals surface area contributed by atoms with Crippen LogP contribution in [-0.4, -0.2) is 24.0 Å². The number of hydrogen-bond donors (Lipinski definition) is 2. The summed E-state index contributed by atoms with van der Waals surface area (Å²) in [6, 6.07) is 16.0. The van der Waals surface area contributed by atoms with Crippen LogP contribution in [0.2, 0.25) is 0 Å². The molecular formula is C21H24N4OS. The molecule has 0 bridgehead atoms. The summed E-state index contributed by atoms with van der Waals surface area (Å²) in [7, 11) is 0. The first-order valence-electron chi connectivity index (χ1n) is 9.08. The van der Waals surface area contributed by atoms with Gasteiger partial charge in [-0.15, -0.1) is 11.3 Å². The second kappa shape index (κ2) is 9.19. The maximum absolute atomic E-state index is 12.0. The second-order valence-corrected chi connectivity index (χ2v) is 7.11. The minimum absolute atomic E-state index is 0.0577. The number of benzene rings is 1. The highest BCUT2D eigenvalue weighted by molar-refractivity contribution is 7.10. The highest BCUT2D eigenvalue weighted by Gasteiger charge is 2.06. The van der Waals surface area contributed by atoms with E-state index in [-0.39, 0.29) is 5.91 Å². The van der Waals surface area contributed by atoms with Gasteiger partial charge in [-0.25, -0.2) is 4.98 Å². The van der Waals surface area contributed by atoms with Gasteiger partial charge in [-0.1, -0.05) is 6.07 Å². The maximum Gasteiger partial charge on any atom is 0.230 e. The van der Waals surface area contributed by atoms with Crippen LogP contribution in [0, 0.1) is 0 Å². The Balaban J connectivity index is 1.56. The fraction of sp³-hybridized carbons (Fsp3) is 0.238. The molecule has 0 aliphatic heterocycles. The van der Waals surface area contributed by atoms with Crippen LogP contribution in [0.3, 0.4) is 0 Å². The van der Waals surface area contributed by atoms with Gasteiger partial charge in [0.25, 0.3) is 0 Å². The van der Waals surface area contributed by atoms with Crippen molar-refractivity contribution in [2.24, 2.45) is 0 Å². The zero-order valence-corrected chi connectivity index (χ0v) is 16.4. The molecule has 27 heavy (non-hydrogen) atoms. The topological polar surface area (TPSA) is 57.3 Å². The Kier molecular flexibility index (Phi) is 6.44. The third-order valence-corrected chi connectivity index (χ3v) is 5.11. The fourth-order valence-electron chi connectivity index (χ4n) is 2.81. The number of nitrogens with one attached hydrogen (secondary N) is 2. The Labute approximate surface area is 164 Å². The van der Waals surface area contributed by atoms with Crippen molar-refractivity contribution in [3.63, 3.8) is 0 Å². The van der Waals surface area contributed by atoms with Gasteiger partial charge < -0.3 is 15.5 Å². The lowest BCUT2D eigenvalue weighted by atomic mass is 10.2. The minimum Gasteiger partial charge on any atom is -0.372 e. The van der Waals surface area contributed by atoms with Crippen LogP contribution in [0.25, 0.3) is 0 Å². The SMILES string of the molecule is CCN(CC)c1ccc(Nc2ccc(NC(=O)Cc3cccs3)nc2)cc1. The molecule has 2 aromatic heterocycles. The molecule has 2 heterocycles. The van der Waals surface area contributed by atoms with E-state index in [1.165, 1.54) is 5.69 Å². The third-order valence-electron chi connectivity index (χ3n) is 4.23.